The van der Waals surface area contributed by atoms with Crippen LogP contribution in [-0.2, 0) is 19.1 Å². The molecule has 4 nitrogen and oxygen atoms in total. The van der Waals surface area contributed by atoms with Gasteiger partial charge in [-0.25, -0.2) is 0 Å². The van der Waals surface area contributed by atoms with Gasteiger partial charge in [0.05, 0.1) is 24.5 Å². The van der Waals surface area contributed by atoms with E-state index in [0.717, 1.165) is 38.0 Å². The Kier molecular flexibility index (Phi) is 17.1. The number of rotatable bonds is 20. The minimum Gasteiger partial charge on any atom is -0.465 e. The van der Waals surface area contributed by atoms with E-state index in [9.17, 15) is 9.59 Å². The van der Waals surface area contributed by atoms with E-state index in [-0.39, 0.29) is 11.9 Å². The molecule has 0 spiro atoms. The topological polar surface area (TPSA) is 52.6 Å². The van der Waals surface area contributed by atoms with Crippen LogP contribution < -0.4 is 0 Å². The number of hydrogen-bond acceptors (Lipinski definition) is 4. The molecule has 4 heteroatoms. The Morgan fingerprint density at radius 1 is 0.824 bits per heavy atom. The van der Waals surface area contributed by atoms with Crippen LogP contribution in [0.2, 0.25) is 0 Å². The number of carbonyl (C=O) groups is 2. The highest BCUT2D eigenvalue weighted by Gasteiger charge is 2.46. The summed E-state index contributed by atoms with van der Waals surface area (Å²) < 4.78 is 11.2. The van der Waals surface area contributed by atoms with Crippen molar-refractivity contribution >= 4 is 11.9 Å². The average Bonchev–Trinajstić information content (AvgIpc) is 2.81. The molecule has 198 valence electrons. The lowest BCUT2D eigenvalue weighted by molar-refractivity contribution is -0.166. The molecule has 0 saturated heterocycles. The number of unbranched alkanes of at least 4 members (excludes halogenated alkanes) is 12. The number of allylic oxidation sites excluding steroid dienone is 1. The Morgan fingerprint density at radius 2 is 1.35 bits per heavy atom. The van der Waals surface area contributed by atoms with Gasteiger partial charge in [0.25, 0.3) is 0 Å². The summed E-state index contributed by atoms with van der Waals surface area (Å²) >= 11 is 0. The van der Waals surface area contributed by atoms with Gasteiger partial charge in [-0.2, -0.15) is 0 Å². The molecule has 0 heterocycles. The van der Waals surface area contributed by atoms with Crippen LogP contribution in [0, 0.1) is 17.3 Å². The Morgan fingerprint density at radius 3 is 1.94 bits per heavy atom. The molecule has 0 aromatic carbocycles. The van der Waals surface area contributed by atoms with Crippen molar-refractivity contribution in [1.29, 1.82) is 0 Å². The largest absolute Gasteiger partial charge is 0.465 e. The molecule has 0 bridgehead atoms. The molecule has 1 aliphatic carbocycles. The lowest BCUT2D eigenvalue weighted by atomic mass is 9.71. The molecule has 2 atom stereocenters. The van der Waals surface area contributed by atoms with Crippen molar-refractivity contribution in [2.75, 3.05) is 13.2 Å². The molecule has 0 aromatic rings. The molecule has 34 heavy (non-hydrogen) atoms. The minimum absolute atomic E-state index is 0.242. The fraction of sp³-hybridized carbons (Fsp3) is 0.867. The minimum atomic E-state index is -0.912. The van der Waals surface area contributed by atoms with Gasteiger partial charge in [0.1, 0.15) is 0 Å². The van der Waals surface area contributed by atoms with E-state index in [4.69, 9.17) is 9.47 Å². The third-order valence-electron chi connectivity index (χ3n) is 7.19. The standard InChI is InChI=1S/C30H54O4/c1-5-6-7-8-9-10-11-14-19-24-33-28(31)27-22-17-18-23-30(27,4)29(32)34-25-20-15-12-13-16-21-26(2)3/h18,23,26-27H,5-17,19-22,24-25H2,1-4H3. The lowest BCUT2D eigenvalue weighted by Gasteiger charge is -2.34. The average molecular weight is 479 g/mol. The summed E-state index contributed by atoms with van der Waals surface area (Å²) in [5, 5.41) is 0. The van der Waals surface area contributed by atoms with Gasteiger partial charge < -0.3 is 9.47 Å². The maximum Gasteiger partial charge on any atom is 0.316 e. The predicted octanol–water partition coefficient (Wildman–Crippen LogP) is 8.57. The second-order valence-corrected chi connectivity index (χ2v) is 10.9. The first kappa shape index (κ1) is 30.7. The van der Waals surface area contributed by atoms with Gasteiger partial charge in [0, 0.05) is 0 Å². The highest BCUT2D eigenvalue weighted by molar-refractivity contribution is 5.87. The van der Waals surface area contributed by atoms with E-state index in [1.54, 1.807) is 0 Å². The normalized spacial score (nSPS) is 20.0. The summed E-state index contributed by atoms with van der Waals surface area (Å²) in [4.78, 5) is 25.7. The fourth-order valence-corrected chi connectivity index (χ4v) is 4.77. The van der Waals surface area contributed by atoms with Crippen molar-refractivity contribution in [3.8, 4) is 0 Å². The van der Waals surface area contributed by atoms with Gasteiger partial charge >= 0.3 is 11.9 Å². The smallest absolute Gasteiger partial charge is 0.316 e. The molecular formula is C30H54O4. The van der Waals surface area contributed by atoms with Gasteiger partial charge in [0.2, 0.25) is 0 Å². The fourth-order valence-electron chi connectivity index (χ4n) is 4.77. The molecule has 1 aliphatic rings. The van der Waals surface area contributed by atoms with Gasteiger partial charge in [-0.3, -0.25) is 9.59 Å². The van der Waals surface area contributed by atoms with Crippen LogP contribution in [0.15, 0.2) is 12.2 Å². The second kappa shape index (κ2) is 18.9. The third-order valence-corrected chi connectivity index (χ3v) is 7.19. The van der Waals surface area contributed by atoms with Crippen molar-refractivity contribution < 1.29 is 19.1 Å². The predicted molar refractivity (Wildman–Crippen MR) is 142 cm³/mol. The summed E-state index contributed by atoms with van der Waals surface area (Å²) in [6.45, 7) is 9.50. The second-order valence-electron chi connectivity index (χ2n) is 10.9. The van der Waals surface area contributed by atoms with Gasteiger partial charge in [0.15, 0.2) is 0 Å². The molecule has 0 N–H and O–H groups in total. The highest BCUT2D eigenvalue weighted by atomic mass is 16.5. The van der Waals surface area contributed by atoms with Gasteiger partial charge in [-0.1, -0.05) is 116 Å². The zero-order valence-corrected chi connectivity index (χ0v) is 22.9. The number of esters is 2. The molecule has 0 aromatic heterocycles. The molecule has 0 amide bonds. The van der Waals surface area contributed by atoms with Crippen LogP contribution in [0.5, 0.6) is 0 Å². The quantitative estimate of drug-likeness (QED) is 0.0998. The van der Waals surface area contributed by atoms with E-state index in [2.05, 4.69) is 20.8 Å². The van der Waals surface area contributed by atoms with E-state index in [1.165, 1.54) is 70.6 Å². The van der Waals surface area contributed by atoms with Crippen LogP contribution in [0.3, 0.4) is 0 Å². The van der Waals surface area contributed by atoms with Crippen molar-refractivity contribution in [3.05, 3.63) is 12.2 Å². The molecule has 0 saturated carbocycles. The molecule has 0 fully saturated rings. The van der Waals surface area contributed by atoms with Crippen molar-refractivity contribution in [1.82, 2.24) is 0 Å². The Balaban J connectivity index is 2.25. The van der Waals surface area contributed by atoms with Crippen LogP contribution in [0.1, 0.15) is 137 Å². The Labute approximate surface area is 210 Å². The molecule has 2 unspecified atom stereocenters. The summed E-state index contributed by atoms with van der Waals surface area (Å²) in [5.74, 6) is -0.198. The molecular weight excluding hydrogens is 424 g/mol. The maximum absolute atomic E-state index is 12.9. The van der Waals surface area contributed by atoms with E-state index in [1.807, 2.05) is 19.1 Å². The van der Waals surface area contributed by atoms with Crippen molar-refractivity contribution in [3.63, 3.8) is 0 Å². The highest BCUT2D eigenvalue weighted by Crippen LogP contribution is 2.38. The first-order valence-electron chi connectivity index (χ1n) is 14.4. The first-order valence-corrected chi connectivity index (χ1v) is 14.4. The number of ether oxygens (including phenoxy) is 2. The Hall–Kier alpha value is -1.32. The maximum atomic E-state index is 12.9. The van der Waals surface area contributed by atoms with Crippen LogP contribution in [-0.4, -0.2) is 25.2 Å². The SMILES string of the molecule is CCCCCCCCCCCOC(=O)C1CCC=CC1(C)C(=O)OCCCCCCCC(C)C. The monoisotopic (exact) mass is 478 g/mol. The van der Waals surface area contributed by atoms with Crippen molar-refractivity contribution in [2.45, 2.75) is 137 Å². The first-order chi connectivity index (χ1) is 16.4. The van der Waals surface area contributed by atoms with Gasteiger partial charge in [-0.05, 0) is 38.5 Å². The van der Waals surface area contributed by atoms with E-state index < -0.39 is 11.3 Å². The van der Waals surface area contributed by atoms with Crippen molar-refractivity contribution in [2.24, 2.45) is 17.3 Å². The van der Waals surface area contributed by atoms with Crippen LogP contribution >= 0.6 is 0 Å². The lowest BCUT2D eigenvalue weighted by Crippen LogP contribution is -2.42. The zero-order chi connectivity index (χ0) is 25.1. The summed E-state index contributed by atoms with van der Waals surface area (Å²) in [6.07, 6.45) is 23.4. The third kappa shape index (κ3) is 13.0. The summed E-state index contributed by atoms with van der Waals surface area (Å²) in [7, 11) is 0. The summed E-state index contributed by atoms with van der Waals surface area (Å²) in [6, 6.07) is 0. The van der Waals surface area contributed by atoms with E-state index in [0.29, 0.717) is 19.6 Å². The van der Waals surface area contributed by atoms with Gasteiger partial charge in [-0.15, -0.1) is 0 Å². The zero-order valence-electron chi connectivity index (χ0n) is 22.9. The van der Waals surface area contributed by atoms with Crippen LogP contribution in [0.25, 0.3) is 0 Å². The number of carbonyl (C=O) groups excluding carboxylic acids is 2. The molecule has 0 aliphatic heterocycles. The molecule has 0 radical (unpaired) electrons. The van der Waals surface area contributed by atoms with Crippen LogP contribution in [0.4, 0.5) is 0 Å². The van der Waals surface area contributed by atoms with E-state index >= 15 is 0 Å². The molecule has 1 rings (SSSR count). The summed E-state index contributed by atoms with van der Waals surface area (Å²) in [5.41, 5.74) is -0.912. The number of hydrogen-bond donors (Lipinski definition) is 0. The Bertz CT molecular complexity index is 568.